The molecule has 4 heteroatoms. The van der Waals surface area contributed by atoms with Gasteiger partial charge in [-0.05, 0) is 11.1 Å². The quantitative estimate of drug-likeness (QED) is 0.802. The number of aliphatic carboxylic acids is 2. The van der Waals surface area contributed by atoms with Gasteiger partial charge >= 0.3 is 11.9 Å². The highest BCUT2D eigenvalue weighted by molar-refractivity contribution is 5.94. The third-order valence-electron chi connectivity index (χ3n) is 3.37. The Balaban J connectivity index is 2.40. The molecular weight excluding hydrogens is 280 g/mol. The number of carboxylic acids is 2. The van der Waals surface area contributed by atoms with E-state index in [4.69, 9.17) is 0 Å². The number of hydrogen-bond acceptors (Lipinski definition) is 2. The maximum Gasteiger partial charge on any atom is 0.318 e. The molecule has 0 amide bonds. The smallest absolute Gasteiger partial charge is 0.318 e. The second kappa shape index (κ2) is 7.22. The molecule has 22 heavy (non-hydrogen) atoms. The van der Waals surface area contributed by atoms with Crippen LogP contribution >= 0.6 is 0 Å². The average Bonchev–Trinajstić information content (AvgIpc) is 2.52. The molecule has 112 valence electrons. The topological polar surface area (TPSA) is 74.6 Å². The van der Waals surface area contributed by atoms with Gasteiger partial charge in [0.05, 0.1) is 0 Å². The summed E-state index contributed by atoms with van der Waals surface area (Å²) in [5, 5.41) is 18.5. The Kier molecular flexibility index (Phi) is 5.09. The van der Waals surface area contributed by atoms with Crippen molar-refractivity contribution in [3.05, 3.63) is 77.9 Å². The number of allylic oxidation sites excluding steroid dienone is 1. The molecule has 0 bridgehead atoms. The van der Waals surface area contributed by atoms with E-state index in [1.54, 1.807) is 42.5 Å². The summed E-state index contributed by atoms with van der Waals surface area (Å²) < 4.78 is 0. The fourth-order valence-electron chi connectivity index (χ4n) is 2.28. The van der Waals surface area contributed by atoms with Crippen molar-refractivity contribution < 1.29 is 19.8 Å². The molecular formula is C18H16O4. The van der Waals surface area contributed by atoms with Gasteiger partial charge in [-0.15, -0.1) is 0 Å². The zero-order valence-corrected chi connectivity index (χ0v) is 11.8. The predicted molar refractivity (Wildman–Crippen MR) is 83.4 cm³/mol. The average molecular weight is 296 g/mol. The van der Waals surface area contributed by atoms with Crippen LogP contribution in [-0.2, 0) is 9.59 Å². The van der Waals surface area contributed by atoms with Gasteiger partial charge in [0.25, 0.3) is 0 Å². The largest absolute Gasteiger partial charge is 0.481 e. The van der Waals surface area contributed by atoms with E-state index in [1.807, 2.05) is 30.3 Å². The second-order valence-corrected chi connectivity index (χ2v) is 4.86. The monoisotopic (exact) mass is 296 g/mol. The fraction of sp³-hybridized carbons (Fsp3) is 0.111. The standard InChI is InChI=1S/C18H16O4/c19-17(20)16(18(21)22)15(14-9-5-2-6-10-14)12-11-13-7-3-1-4-8-13/h1-12,15-16H,(H,19,20)(H,21,22)/b12-11+/t15-/m1/s1. The van der Waals surface area contributed by atoms with Crippen molar-refractivity contribution >= 4 is 18.0 Å². The lowest BCUT2D eigenvalue weighted by molar-refractivity contribution is -0.155. The molecule has 0 aliphatic rings. The Morgan fingerprint density at radius 2 is 1.32 bits per heavy atom. The summed E-state index contributed by atoms with van der Waals surface area (Å²) in [7, 11) is 0. The lowest BCUT2D eigenvalue weighted by Gasteiger charge is -2.18. The molecule has 0 saturated heterocycles. The molecule has 1 atom stereocenters. The van der Waals surface area contributed by atoms with Crippen LogP contribution in [0.4, 0.5) is 0 Å². The Hall–Kier alpha value is -2.88. The Morgan fingerprint density at radius 3 is 1.82 bits per heavy atom. The molecule has 4 nitrogen and oxygen atoms in total. The van der Waals surface area contributed by atoms with Gasteiger partial charge < -0.3 is 10.2 Å². The van der Waals surface area contributed by atoms with Crippen LogP contribution in [0.5, 0.6) is 0 Å². The minimum Gasteiger partial charge on any atom is -0.481 e. The molecule has 0 unspecified atom stereocenters. The first-order valence-corrected chi connectivity index (χ1v) is 6.83. The maximum absolute atomic E-state index is 11.4. The van der Waals surface area contributed by atoms with Crippen molar-refractivity contribution in [2.24, 2.45) is 5.92 Å². The van der Waals surface area contributed by atoms with Crippen LogP contribution in [0.3, 0.4) is 0 Å². The van der Waals surface area contributed by atoms with Crippen LogP contribution in [0.25, 0.3) is 6.08 Å². The van der Waals surface area contributed by atoms with E-state index in [1.165, 1.54) is 0 Å². The molecule has 0 saturated carbocycles. The van der Waals surface area contributed by atoms with E-state index < -0.39 is 23.8 Å². The number of rotatable bonds is 6. The van der Waals surface area contributed by atoms with Crippen LogP contribution in [-0.4, -0.2) is 22.2 Å². The predicted octanol–water partition coefficient (Wildman–Crippen LogP) is 3.27. The van der Waals surface area contributed by atoms with Crippen molar-refractivity contribution in [2.45, 2.75) is 5.92 Å². The summed E-state index contributed by atoms with van der Waals surface area (Å²) in [6.07, 6.45) is 3.38. The zero-order valence-electron chi connectivity index (χ0n) is 11.8. The molecule has 0 heterocycles. The Bertz CT molecular complexity index is 648. The first-order valence-electron chi connectivity index (χ1n) is 6.83. The molecule has 0 fully saturated rings. The molecule has 2 N–H and O–H groups in total. The van der Waals surface area contributed by atoms with E-state index in [2.05, 4.69) is 0 Å². The SMILES string of the molecule is O=C(O)C(C(=O)O)[C@H](/C=C/c1ccccc1)c1ccccc1. The van der Waals surface area contributed by atoms with Gasteiger partial charge in [0, 0.05) is 5.92 Å². The van der Waals surface area contributed by atoms with Gasteiger partial charge in [0.15, 0.2) is 5.92 Å². The summed E-state index contributed by atoms with van der Waals surface area (Å²) in [5.41, 5.74) is 1.54. The van der Waals surface area contributed by atoms with Crippen molar-refractivity contribution in [1.29, 1.82) is 0 Å². The minimum atomic E-state index is -1.53. The minimum absolute atomic E-state index is 0.657. The van der Waals surface area contributed by atoms with Gasteiger partial charge in [-0.1, -0.05) is 72.8 Å². The highest BCUT2D eigenvalue weighted by atomic mass is 16.4. The molecule has 2 rings (SSSR count). The van der Waals surface area contributed by atoms with Gasteiger partial charge in [-0.25, -0.2) is 0 Å². The summed E-state index contributed by atoms with van der Waals surface area (Å²) in [5.74, 6) is -4.96. The van der Waals surface area contributed by atoms with Gasteiger partial charge in [-0.2, -0.15) is 0 Å². The maximum atomic E-state index is 11.4. The van der Waals surface area contributed by atoms with Crippen LogP contribution < -0.4 is 0 Å². The van der Waals surface area contributed by atoms with Crippen LogP contribution in [0.1, 0.15) is 17.0 Å². The molecule has 0 aliphatic heterocycles. The van der Waals surface area contributed by atoms with Crippen molar-refractivity contribution in [2.75, 3.05) is 0 Å². The first-order chi connectivity index (χ1) is 10.6. The molecule has 2 aromatic rings. The lowest BCUT2D eigenvalue weighted by atomic mass is 9.85. The highest BCUT2D eigenvalue weighted by Crippen LogP contribution is 2.28. The number of benzene rings is 2. The van der Waals surface area contributed by atoms with Crippen molar-refractivity contribution in [3.63, 3.8) is 0 Å². The first kappa shape index (κ1) is 15.5. The van der Waals surface area contributed by atoms with Crippen molar-refractivity contribution in [3.8, 4) is 0 Å². The highest BCUT2D eigenvalue weighted by Gasteiger charge is 2.34. The molecule has 2 aromatic carbocycles. The van der Waals surface area contributed by atoms with Crippen LogP contribution in [0.2, 0.25) is 0 Å². The zero-order chi connectivity index (χ0) is 15.9. The summed E-state index contributed by atoms with van der Waals surface area (Å²) in [6, 6.07) is 18.1. The van der Waals surface area contributed by atoms with Gasteiger partial charge in [0.1, 0.15) is 0 Å². The molecule has 0 aromatic heterocycles. The lowest BCUT2D eigenvalue weighted by Crippen LogP contribution is -2.29. The van der Waals surface area contributed by atoms with Gasteiger partial charge in [0.2, 0.25) is 0 Å². The fourth-order valence-corrected chi connectivity index (χ4v) is 2.28. The molecule has 0 aliphatic carbocycles. The number of carbonyl (C=O) groups is 2. The summed E-state index contributed by atoms with van der Waals surface area (Å²) in [6.45, 7) is 0. The summed E-state index contributed by atoms with van der Waals surface area (Å²) in [4.78, 5) is 22.7. The van der Waals surface area contributed by atoms with Gasteiger partial charge in [-0.3, -0.25) is 9.59 Å². The van der Waals surface area contributed by atoms with E-state index in [-0.39, 0.29) is 0 Å². The van der Waals surface area contributed by atoms with E-state index in [0.29, 0.717) is 5.56 Å². The van der Waals surface area contributed by atoms with Crippen LogP contribution in [0, 0.1) is 5.92 Å². The number of carboxylic acid groups (broad SMARTS) is 2. The third-order valence-corrected chi connectivity index (χ3v) is 3.37. The normalized spacial score (nSPS) is 12.4. The Morgan fingerprint density at radius 1 is 0.818 bits per heavy atom. The van der Waals surface area contributed by atoms with Crippen molar-refractivity contribution in [1.82, 2.24) is 0 Å². The van der Waals surface area contributed by atoms with E-state index in [0.717, 1.165) is 5.56 Å². The second-order valence-electron chi connectivity index (χ2n) is 4.86. The molecule has 0 radical (unpaired) electrons. The van der Waals surface area contributed by atoms with E-state index >= 15 is 0 Å². The third kappa shape index (κ3) is 3.82. The number of hydrogen-bond donors (Lipinski definition) is 2. The van der Waals surface area contributed by atoms with Crippen LogP contribution in [0.15, 0.2) is 66.7 Å². The van der Waals surface area contributed by atoms with E-state index in [9.17, 15) is 19.8 Å². The molecule has 0 spiro atoms. The Labute approximate surface area is 128 Å². The summed E-state index contributed by atoms with van der Waals surface area (Å²) >= 11 is 0.